The van der Waals surface area contributed by atoms with Crippen molar-refractivity contribution in [3.8, 4) is 0 Å². The van der Waals surface area contributed by atoms with Crippen molar-refractivity contribution in [2.75, 3.05) is 18.8 Å². The van der Waals surface area contributed by atoms with Gasteiger partial charge in [0.05, 0.1) is 5.75 Å². The molecule has 0 aliphatic heterocycles. The number of nitrogens with two attached hydrogens (primary N) is 1. The zero-order chi connectivity index (χ0) is 11.3. The lowest BCUT2D eigenvalue weighted by Crippen LogP contribution is -2.36. The van der Waals surface area contributed by atoms with E-state index in [-0.39, 0.29) is 6.04 Å². The molecule has 4 nitrogen and oxygen atoms in total. The van der Waals surface area contributed by atoms with E-state index in [4.69, 9.17) is 5.73 Å². The molecular formula is C10H22N2O2S. The highest BCUT2D eigenvalue weighted by atomic mass is 32.2. The summed E-state index contributed by atoms with van der Waals surface area (Å²) in [6, 6.07) is 0.276. The number of unbranched alkanes of at least 4 members (excludes halogenated alkanes) is 1. The van der Waals surface area contributed by atoms with Crippen LogP contribution < -0.4 is 5.73 Å². The fourth-order valence-corrected chi connectivity index (χ4v) is 3.56. The van der Waals surface area contributed by atoms with Gasteiger partial charge in [0.1, 0.15) is 0 Å². The summed E-state index contributed by atoms with van der Waals surface area (Å²) in [4.78, 5) is 0. The molecule has 0 radical (unpaired) electrons. The predicted molar refractivity (Wildman–Crippen MR) is 62.1 cm³/mol. The van der Waals surface area contributed by atoms with Crippen LogP contribution in [-0.4, -0.2) is 37.6 Å². The van der Waals surface area contributed by atoms with Crippen LogP contribution in [0.1, 0.15) is 39.0 Å². The Morgan fingerprint density at radius 3 is 2.47 bits per heavy atom. The van der Waals surface area contributed by atoms with E-state index in [1.54, 1.807) is 4.31 Å². The minimum Gasteiger partial charge on any atom is -0.330 e. The molecule has 1 aliphatic carbocycles. The summed E-state index contributed by atoms with van der Waals surface area (Å²) < 4.78 is 25.6. The molecule has 1 fully saturated rings. The molecule has 1 aliphatic rings. The van der Waals surface area contributed by atoms with Gasteiger partial charge in [0.15, 0.2) is 0 Å². The van der Waals surface area contributed by atoms with E-state index in [0.717, 1.165) is 32.1 Å². The van der Waals surface area contributed by atoms with Crippen LogP contribution in [0, 0.1) is 0 Å². The van der Waals surface area contributed by atoms with Crippen LogP contribution in [0.25, 0.3) is 0 Å². The molecule has 0 spiro atoms. The third-order valence-corrected chi connectivity index (χ3v) is 4.65. The monoisotopic (exact) mass is 234 g/mol. The van der Waals surface area contributed by atoms with Gasteiger partial charge in [-0.1, -0.05) is 13.3 Å². The first-order valence-corrected chi connectivity index (χ1v) is 7.42. The van der Waals surface area contributed by atoms with Crippen molar-refractivity contribution >= 4 is 10.0 Å². The lowest BCUT2D eigenvalue weighted by atomic mass is 10.4. The molecule has 15 heavy (non-hydrogen) atoms. The zero-order valence-electron chi connectivity index (χ0n) is 9.48. The third kappa shape index (κ3) is 4.09. The summed E-state index contributed by atoms with van der Waals surface area (Å²) in [6.45, 7) is 3.18. The second kappa shape index (κ2) is 5.82. The molecule has 2 N–H and O–H groups in total. The summed E-state index contributed by atoms with van der Waals surface area (Å²) in [7, 11) is -3.02. The molecule has 0 atom stereocenters. The maximum Gasteiger partial charge on any atom is 0.214 e. The van der Waals surface area contributed by atoms with E-state index < -0.39 is 10.0 Å². The van der Waals surface area contributed by atoms with Gasteiger partial charge in [0.2, 0.25) is 10.0 Å². The standard InChI is InChI=1S/C10H22N2O2S/c1-2-3-9-15(13,14)12(8-4-7-11)10-5-6-10/h10H,2-9,11H2,1H3. The van der Waals surface area contributed by atoms with E-state index in [1.165, 1.54) is 0 Å². The number of hydrogen-bond donors (Lipinski definition) is 1. The smallest absolute Gasteiger partial charge is 0.214 e. The van der Waals surface area contributed by atoms with Crippen molar-refractivity contribution in [2.24, 2.45) is 5.73 Å². The van der Waals surface area contributed by atoms with Gasteiger partial charge in [-0.25, -0.2) is 8.42 Å². The minimum absolute atomic E-state index is 0.276. The Balaban J connectivity index is 2.52. The number of nitrogens with zero attached hydrogens (tertiary/aromatic N) is 1. The van der Waals surface area contributed by atoms with Gasteiger partial charge >= 0.3 is 0 Å². The van der Waals surface area contributed by atoms with Gasteiger partial charge in [-0.15, -0.1) is 0 Å². The fraction of sp³-hybridized carbons (Fsp3) is 1.00. The van der Waals surface area contributed by atoms with Gasteiger partial charge in [0.25, 0.3) is 0 Å². The van der Waals surface area contributed by atoms with Crippen molar-refractivity contribution in [3.05, 3.63) is 0 Å². The predicted octanol–water partition coefficient (Wildman–Crippen LogP) is 0.930. The highest BCUT2D eigenvalue weighted by molar-refractivity contribution is 7.89. The first-order valence-electron chi connectivity index (χ1n) is 5.81. The summed E-state index contributed by atoms with van der Waals surface area (Å²) in [6.07, 6.45) is 4.50. The molecule has 0 bridgehead atoms. The molecule has 0 amide bonds. The Hall–Kier alpha value is -0.130. The van der Waals surface area contributed by atoms with E-state index in [0.29, 0.717) is 18.8 Å². The third-order valence-electron chi connectivity index (χ3n) is 2.65. The van der Waals surface area contributed by atoms with E-state index in [2.05, 4.69) is 0 Å². The molecule has 0 aromatic rings. The number of rotatable bonds is 8. The van der Waals surface area contributed by atoms with Crippen molar-refractivity contribution in [1.29, 1.82) is 0 Å². The highest BCUT2D eigenvalue weighted by Crippen LogP contribution is 2.29. The van der Waals surface area contributed by atoms with Crippen LogP contribution in [0.3, 0.4) is 0 Å². The topological polar surface area (TPSA) is 63.4 Å². The molecule has 0 saturated heterocycles. The Kier molecular flexibility index (Phi) is 5.02. The molecule has 0 unspecified atom stereocenters. The largest absolute Gasteiger partial charge is 0.330 e. The maximum atomic E-state index is 12.0. The second-order valence-corrected chi connectivity index (χ2v) is 6.19. The van der Waals surface area contributed by atoms with Gasteiger partial charge in [-0.2, -0.15) is 4.31 Å². The van der Waals surface area contributed by atoms with Gasteiger partial charge in [0, 0.05) is 12.6 Å². The van der Waals surface area contributed by atoms with Crippen LogP contribution in [0.15, 0.2) is 0 Å². The number of hydrogen-bond acceptors (Lipinski definition) is 3. The fourth-order valence-electron chi connectivity index (χ4n) is 1.60. The summed E-state index contributed by atoms with van der Waals surface area (Å²) in [5.74, 6) is 0.296. The van der Waals surface area contributed by atoms with Crippen molar-refractivity contribution in [3.63, 3.8) is 0 Å². The Morgan fingerprint density at radius 2 is 2.00 bits per heavy atom. The van der Waals surface area contributed by atoms with Crippen LogP contribution in [-0.2, 0) is 10.0 Å². The van der Waals surface area contributed by atoms with E-state index in [1.807, 2.05) is 6.92 Å². The van der Waals surface area contributed by atoms with Crippen LogP contribution in [0.5, 0.6) is 0 Å². The molecule has 0 aromatic heterocycles. The molecule has 1 saturated carbocycles. The normalized spacial score (nSPS) is 17.3. The lowest BCUT2D eigenvalue weighted by Gasteiger charge is -2.21. The van der Waals surface area contributed by atoms with Crippen LogP contribution in [0.2, 0.25) is 0 Å². The van der Waals surface area contributed by atoms with Gasteiger partial charge in [-0.05, 0) is 32.2 Å². The summed E-state index contributed by atoms with van der Waals surface area (Å²) in [5.41, 5.74) is 5.42. The van der Waals surface area contributed by atoms with Gasteiger partial charge < -0.3 is 5.73 Å². The van der Waals surface area contributed by atoms with Crippen molar-refractivity contribution in [1.82, 2.24) is 4.31 Å². The first kappa shape index (κ1) is 12.9. The molecular weight excluding hydrogens is 212 g/mol. The second-order valence-electron chi connectivity index (χ2n) is 4.15. The van der Waals surface area contributed by atoms with Crippen LogP contribution >= 0.6 is 0 Å². The number of sulfonamides is 1. The molecule has 1 rings (SSSR count). The minimum atomic E-state index is -3.02. The SMILES string of the molecule is CCCCS(=O)(=O)N(CCCN)C1CC1. The quantitative estimate of drug-likeness (QED) is 0.679. The van der Waals surface area contributed by atoms with Crippen molar-refractivity contribution < 1.29 is 8.42 Å². The van der Waals surface area contributed by atoms with Crippen molar-refractivity contribution in [2.45, 2.75) is 45.1 Å². The average molecular weight is 234 g/mol. The van der Waals surface area contributed by atoms with E-state index in [9.17, 15) is 8.42 Å². The summed E-state index contributed by atoms with van der Waals surface area (Å²) >= 11 is 0. The zero-order valence-corrected chi connectivity index (χ0v) is 10.3. The first-order chi connectivity index (χ1) is 7.11. The Bertz CT molecular complexity index is 273. The maximum absolute atomic E-state index is 12.0. The molecule has 0 heterocycles. The Labute approximate surface area is 92.9 Å². The Morgan fingerprint density at radius 1 is 1.33 bits per heavy atom. The van der Waals surface area contributed by atoms with Gasteiger partial charge in [-0.3, -0.25) is 0 Å². The molecule has 90 valence electrons. The van der Waals surface area contributed by atoms with E-state index >= 15 is 0 Å². The lowest BCUT2D eigenvalue weighted by molar-refractivity contribution is 0.398. The highest BCUT2D eigenvalue weighted by Gasteiger charge is 2.35. The average Bonchev–Trinajstić information content (AvgIpc) is 2.99. The summed E-state index contributed by atoms with van der Waals surface area (Å²) in [5, 5.41) is 0. The van der Waals surface area contributed by atoms with Crippen LogP contribution in [0.4, 0.5) is 0 Å². The molecule has 5 heteroatoms. The molecule has 0 aromatic carbocycles.